The third-order valence-electron chi connectivity index (χ3n) is 9.24. The fourth-order valence-corrected chi connectivity index (χ4v) is 8.31. The molecule has 51 heavy (non-hydrogen) atoms. The molecule has 0 bridgehead atoms. The highest BCUT2D eigenvalue weighted by Gasteiger charge is 2.40. The molecule has 11 nitrogen and oxygen atoms in total. The molecule has 0 saturated carbocycles. The van der Waals surface area contributed by atoms with Gasteiger partial charge in [-0.05, 0) is 72.2 Å². The predicted molar refractivity (Wildman–Crippen MR) is 197 cm³/mol. The molecule has 3 amide bonds. The summed E-state index contributed by atoms with van der Waals surface area (Å²) >= 11 is 0. The normalized spacial score (nSPS) is 15.6. The molecule has 0 aliphatic carbocycles. The highest BCUT2D eigenvalue weighted by molar-refractivity contribution is 7.89. The van der Waals surface area contributed by atoms with E-state index in [0.29, 0.717) is 25.2 Å². The molecule has 0 radical (unpaired) electrons. The number of nitrogens with zero attached hydrogens (tertiary/aromatic N) is 4. The number of hydrogen-bond donors (Lipinski definition) is 3. The zero-order valence-corrected chi connectivity index (χ0v) is 30.8. The van der Waals surface area contributed by atoms with Crippen molar-refractivity contribution in [2.75, 3.05) is 26.2 Å². The summed E-state index contributed by atoms with van der Waals surface area (Å²) in [7, 11) is -4.07. The van der Waals surface area contributed by atoms with E-state index in [-0.39, 0.29) is 48.0 Å². The molecule has 0 spiro atoms. The van der Waals surface area contributed by atoms with Crippen LogP contribution in [0.1, 0.15) is 44.4 Å². The van der Waals surface area contributed by atoms with E-state index in [1.807, 2.05) is 88.4 Å². The van der Waals surface area contributed by atoms with Gasteiger partial charge in [0.25, 0.3) is 0 Å². The number of carbonyl (C=O) groups is 2. The van der Waals surface area contributed by atoms with Crippen molar-refractivity contribution >= 4 is 32.9 Å². The zero-order valence-electron chi connectivity index (χ0n) is 29.9. The van der Waals surface area contributed by atoms with E-state index in [2.05, 4.69) is 10.3 Å². The molecule has 12 heteroatoms. The highest BCUT2D eigenvalue weighted by Crippen LogP contribution is 2.26. The first kappa shape index (κ1) is 37.7. The molecular formula is C39H49N5O6S. The quantitative estimate of drug-likeness (QED) is 0.158. The summed E-state index contributed by atoms with van der Waals surface area (Å²) in [5.74, 6) is -0.742. The number of para-hydroxylation sites is 1. The maximum Gasteiger partial charge on any atom is 0.321 e. The van der Waals surface area contributed by atoms with Crippen molar-refractivity contribution in [2.24, 2.45) is 11.8 Å². The van der Waals surface area contributed by atoms with Crippen LogP contribution in [-0.4, -0.2) is 94.0 Å². The summed E-state index contributed by atoms with van der Waals surface area (Å²) in [4.78, 5) is 35.8. The highest BCUT2D eigenvalue weighted by atomic mass is 32.2. The molecule has 1 fully saturated rings. The number of benzene rings is 3. The Kier molecular flexibility index (Phi) is 12.0. The lowest BCUT2D eigenvalue weighted by Crippen LogP contribution is -2.57. The Morgan fingerprint density at radius 1 is 0.941 bits per heavy atom. The fraction of sp³-hybridized carbons (Fsp3) is 0.410. The number of hydrogen-bond acceptors (Lipinski definition) is 7. The van der Waals surface area contributed by atoms with E-state index in [1.54, 1.807) is 22.9 Å². The van der Waals surface area contributed by atoms with E-state index < -0.39 is 34.1 Å². The molecule has 2 heterocycles. The average Bonchev–Trinajstić information content (AvgIpc) is 3.43. The van der Waals surface area contributed by atoms with Crippen molar-refractivity contribution in [2.45, 2.75) is 70.7 Å². The molecule has 1 aliphatic rings. The van der Waals surface area contributed by atoms with Crippen LogP contribution in [-0.2, 0) is 27.8 Å². The topological polar surface area (TPSA) is 143 Å². The molecule has 5 rings (SSSR count). The van der Waals surface area contributed by atoms with Gasteiger partial charge in [0.15, 0.2) is 0 Å². The first-order valence-electron chi connectivity index (χ1n) is 17.5. The van der Waals surface area contributed by atoms with Gasteiger partial charge in [-0.15, -0.1) is 0 Å². The van der Waals surface area contributed by atoms with E-state index in [1.165, 1.54) is 22.5 Å². The van der Waals surface area contributed by atoms with Gasteiger partial charge in [-0.3, -0.25) is 9.78 Å². The van der Waals surface area contributed by atoms with Gasteiger partial charge in [0.2, 0.25) is 15.9 Å². The second-order valence-electron chi connectivity index (χ2n) is 14.2. The van der Waals surface area contributed by atoms with Gasteiger partial charge >= 0.3 is 6.03 Å². The Hall–Kier alpha value is -4.52. The van der Waals surface area contributed by atoms with Crippen molar-refractivity contribution in [1.82, 2.24) is 24.4 Å². The van der Waals surface area contributed by atoms with Crippen molar-refractivity contribution in [3.63, 3.8) is 0 Å². The summed E-state index contributed by atoms with van der Waals surface area (Å²) in [6.07, 6.45) is 0.716. The number of aliphatic hydroxyl groups excluding tert-OH is 1. The molecule has 1 aromatic heterocycles. The van der Waals surface area contributed by atoms with Crippen LogP contribution in [0.25, 0.3) is 10.9 Å². The SMILES string of the molecule is Cc1cc(S(=O)(=O)N(CC(C)C)C[C@@H](O)[C@H](Cc2ccccc2)NC(=O)C(C(C)C)N2CCN(Cc3cnc4ccccc4c3)C2=O)ccc1O. The van der Waals surface area contributed by atoms with Crippen LogP contribution in [0.15, 0.2) is 90.0 Å². The fourth-order valence-electron chi connectivity index (χ4n) is 6.60. The van der Waals surface area contributed by atoms with Gasteiger partial charge in [-0.1, -0.05) is 76.2 Å². The van der Waals surface area contributed by atoms with E-state index in [4.69, 9.17) is 0 Å². The second-order valence-corrected chi connectivity index (χ2v) is 16.1. The minimum atomic E-state index is -4.07. The largest absolute Gasteiger partial charge is 0.508 e. The Morgan fingerprint density at radius 2 is 1.65 bits per heavy atom. The number of phenolic OH excluding ortho intramolecular Hbond substituents is 1. The van der Waals surface area contributed by atoms with Gasteiger partial charge in [-0.2, -0.15) is 4.31 Å². The van der Waals surface area contributed by atoms with Gasteiger partial charge in [0, 0.05) is 44.3 Å². The number of pyridine rings is 1. The summed E-state index contributed by atoms with van der Waals surface area (Å²) in [5, 5.41) is 25.8. The van der Waals surface area contributed by atoms with Gasteiger partial charge in [0.05, 0.1) is 22.6 Å². The Labute approximate surface area is 301 Å². The average molecular weight is 716 g/mol. The number of aryl methyl sites for hydroxylation is 1. The van der Waals surface area contributed by atoms with E-state index >= 15 is 0 Å². The van der Waals surface area contributed by atoms with Crippen LogP contribution in [0, 0.1) is 18.8 Å². The molecule has 1 saturated heterocycles. The third kappa shape index (κ3) is 9.05. The zero-order chi connectivity index (χ0) is 36.9. The van der Waals surface area contributed by atoms with E-state index in [9.17, 15) is 28.2 Å². The lowest BCUT2D eigenvalue weighted by atomic mass is 9.97. The number of urea groups is 1. The number of nitrogens with one attached hydrogen (secondary N) is 1. The number of rotatable bonds is 15. The molecule has 3 N–H and O–H groups in total. The first-order valence-corrected chi connectivity index (χ1v) is 18.9. The van der Waals surface area contributed by atoms with Gasteiger partial charge in [-0.25, -0.2) is 13.2 Å². The molecular weight excluding hydrogens is 667 g/mol. The van der Waals surface area contributed by atoms with Crippen molar-refractivity contribution in [1.29, 1.82) is 0 Å². The standard InChI is InChI=1S/C39H49N5O6S/c1-26(2)23-43(51(49,50)32-15-16-35(45)28(5)19-32)25-36(46)34(21-29-11-7-6-8-12-29)41-38(47)37(27(3)4)44-18-17-42(39(44)48)24-30-20-31-13-9-10-14-33(31)40-22-30/h6-16,19-20,22,26-27,34,36-37,45-46H,17-18,21,23-25H2,1-5H3,(H,41,47)/t34-,36+,37?/m0/s1. The minimum Gasteiger partial charge on any atom is -0.508 e. The first-order chi connectivity index (χ1) is 24.2. The lowest BCUT2D eigenvalue weighted by molar-refractivity contribution is -0.128. The monoisotopic (exact) mass is 715 g/mol. The molecule has 1 aliphatic heterocycles. The van der Waals surface area contributed by atoms with Crippen LogP contribution in [0.4, 0.5) is 4.79 Å². The van der Waals surface area contributed by atoms with Crippen LogP contribution in [0.2, 0.25) is 0 Å². The predicted octanol–water partition coefficient (Wildman–Crippen LogP) is 4.95. The van der Waals surface area contributed by atoms with Crippen molar-refractivity contribution in [3.8, 4) is 5.75 Å². The molecule has 272 valence electrons. The number of phenols is 1. The van der Waals surface area contributed by atoms with Crippen LogP contribution in [0.3, 0.4) is 0 Å². The molecule has 4 aromatic rings. The molecule has 3 atom stereocenters. The maximum atomic E-state index is 14.2. The number of sulfonamides is 1. The van der Waals surface area contributed by atoms with Gasteiger partial charge < -0.3 is 25.3 Å². The number of fused-ring (bicyclic) bond motifs is 1. The van der Waals surface area contributed by atoms with Crippen LogP contribution >= 0.6 is 0 Å². The minimum absolute atomic E-state index is 0.00531. The number of carbonyl (C=O) groups excluding carboxylic acids is 2. The lowest BCUT2D eigenvalue weighted by Gasteiger charge is -2.34. The summed E-state index contributed by atoms with van der Waals surface area (Å²) in [6.45, 7) is 10.2. The van der Waals surface area contributed by atoms with E-state index in [0.717, 1.165) is 22.0 Å². The number of aliphatic hydroxyl groups is 1. The molecule has 3 aromatic carbocycles. The number of aromatic hydroxyl groups is 1. The smallest absolute Gasteiger partial charge is 0.321 e. The Bertz CT molecular complexity index is 1940. The molecule has 1 unspecified atom stereocenters. The Morgan fingerprint density at radius 3 is 2.33 bits per heavy atom. The van der Waals surface area contributed by atoms with Crippen LogP contribution in [0.5, 0.6) is 5.75 Å². The number of aromatic nitrogens is 1. The Balaban J connectivity index is 1.36. The summed E-state index contributed by atoms with van der Waals surface area (Å²) in [5.41, 5.74) is 3.03. The van der Waals surface area contributed by atoms with Crippen molar-refractivity contribution in [3.05, 3.63) is 102 Å². The number of amides is 3. The van der Waals surface area contributed by atoms with Crippen molar-refractivity contribution < 1.29 is 28.2 Å². The third-order valence-corrected chi connectivity index (χ3v) is 11.1. The second kappa shape index (κ2) is 16.2. The maximum absolute atomic E-state index is 14.2. The van der Waals surface area contributed by atoms with Crippen LogP contribution < -0.4 is 5.32 Å². The van der Waals surface area contributed by atoms with Gasteiger partial charge in [0.1, 0.15) is 11.8 Å². The summed E-state index contributed by atoms with van der Waals surface area (Å²) < 4.78 is 29.0. The summed E-state index contributed by atoms with van der Waals surface area (Å²) in [6, 6.07) is 21.3.